The molecule has 2 heterocycles. The molecule has 1 atom stereocenters. The average molecular weight is 237 g/mol. The molecular formula is C10H11N3O2S. The van der Waals surface area contributed by atoms with Gasteiger partial charge in [0.25, 0.3) is 0 Å². The Balaban J connectivity index is 1.99. The van der Waals surface area contributed by atoms with Crippen molar-refractivity contribution in [3.63, 3.8) is 0 Å². The summed E-state index contributed by atoms with van der Waals surface area (Å²) in [5.41, 5.74) is 0.495. The lowest BCUT2D eigenvalue weighted by Gasteiger charge is -2.22. The number of nitrogens with one attached hydrogen (secondary N) is 2. The molecule has 1 saturated heterocycles. The highest BCUT2D eigenvalue weighted by molar-refractivity contribution is 7.14. The molecule has 0 aromatic carbocycles. The van der Waals surface area contributed by atoms with Crippen LogP contribution < -0.4 is 10.6 Å². The van der Waals surface area contributed by atoms with Gasteiger partial charge in [0.05, 0.1) is 18.8 Å². The standard InChI is InChI=1S/C10H11N3O2S/c11-5-7-1-4-16-10(7)13-9(14)8-6-15-3-2-12-8/h1,4,8,12H,2-3,6H2,(H,13,14). The molecule has 1 aromatic rings. The van der Waals surface area contributed by atoms with Gasteiger partial charge in [0.15, 0.2) is 0 Å². The van der Waals surface area contributed by atoms with Crippen LogP contribution in [0.25, 0.3) is 0 Å². The molecule has 1 unspecified atom stereocenters. The van der Waals surface area contributed by atoms with Crippen molar-refractivity contribution in [3.8, 4) is 6.07 Å². The van der Waals surface area contributed by atoms with Crippen LogP contribution in [0.4, 0.5) is 5.00 Å². The fourth-order valence-electron chi connectivity index (χ4n) is 1.43. The Kier molecular flexibility index (Phi) is 3.51. The highest BCUT2D eigenvalue weighted by atomic mass is 32.1. The van der Waals surface area contributed by atoms with Gasteiger partial charge in [0.1, 0.15) is 17.1 Å². The summed E-state index contributed by atoms with van der Waals surface area (Å²) >= 11 is 1.34. The van der Waals surface area contributed by atoms with Crippen LogP contribution in [-0.2, 0) is 9.53 Å². The molecule has 1 aliphatic heterocycles. The van der Waals surface area contributed by atoms with E-state index in [2.05, 4.69) is 10.6 Å². The third kappa shape index (κ3) is 2.39. The number of hydrogen-bond acceptors (Lipinski definition) is 5. The van der Waals surface area contributed by atoms with Crippen LogP contribution in [0.3, 0.4) is 0 Å². The van der Waals surface area contributed by atoms with Gasteiger partial charge in [-0.1, -0.05) is 0 Å². The molecule has 0 spiro atoms. The minimum absolute atomic E-state index is 0.154. The van der Waals surface area contributed by atoms with E-state index in [0.717, 1.165) is 0 Å². The maximum absolute atomic E-state index is 11.8. The van der Waals surface area contributed by atoms with E-state index in [1.807, 2.05) is 6.07 Å². The maximum atomic E-state index is 11.8. The number of amides is 1. The average Bonchev–Trinajstić information content (AvgIpc) is 2.77. The largest absolute Gasteiger partial charge is 0.378 e. The SMILES string of the molecule is N#Cc1ccsc1NC(=O)C1COCCN1. The van der Waals surface area contributed by atoms with E-state index in [0.29, 0.717) is 30.3 Å². The zero-order chi connectivity index (χ0) is 11.4. The van der Waals surface area contributed by atoms with Crippen LogP contribution in [0.1, 0.15) is 5.56 Å². The van der Waals surface area contributed by atoms with Crippen LogP contribution in [0, 0.1) is 11.3 Å². The summed E-state index contributed by atoms with van der Waals surface area (Å²) in [5.74, 6) is -0.154. The Labute approximate surface area is 97.0 Å². The first-order valence-electron chi connectivity index (χ1n) is 4.91. The number of morpholine rings is 1. The molecule has 1 aromatic heterocycles. The molecule has 2 rings (SSSR count). The molecule has 84 valence electrons. The first kappa shape index (κ1) is 11.1. The van der Waals surface area contributed by atoms with E-state index in [4.69, 9.17) is 10.00 Å². The number of nitrogens with zero attached hydrogens (tertiary/aromatic N) is 1. The molecule has 0 aliphatic carbocycles. The van der Waals surface area contributed by atoms with Crippen LogP contribution in [0.2, 0.25) is 0 Å². The van der Waals surface area contributed by atoms with Crippen LogP contribution in [0.5, 0.6) is 0 Å². The van der Waals surface area contributed by atoms with Gasteiger partial charge in [-0.15, -0.1) is 11.3 Å². The van der Waals surface area contributed by atoms with Crippen molar-refractivity contribution in [2.45, 2.75) is 6.04 Å². The Bertz CT molecular complexity index is 418. The van der Waals surface area contributed by atoms with E-state index in [1.165, 1.54) is 11.3 Å². The molecule has 2 N–H and O–H groups in total. The summed E-state index contributed by atoms with van der Waals surface area (Å²) in [7, 11) is 0. The molecule has 1 fully saturated rings. The van der Waals surface area contributed by atoms with Gasteiger partial charge in [-0.3, -0.25) is 4.79 Å². The van der Waals surface area contributed by atoms with Crippen molar-refractivity contribution >= 4 is 22.2 Å². The molecule has 0 radical (unpaired) electrons. The van der Waals surface area contributed by atoms with Gasteiger partial charge in [-0.25, -0.2) is 0 Å². The summed E-state index contributed by atoms with van der Waals surface area (Å²) in [5, 5.41) is 16.9. The van der Waals surface area contributed by atoms with Crippen molar-refractivity contribution < 1.29 is 9.53 Å². The van der Waals surface area contributed by atoms with Crippen LogP contribution in [-0.4, -0.2) is 31.7 Å². The lowest BCUT2D eigenvalue weighted by Crippen LogP contribution is -2.48. The Morgan fingerprint density at radius 1 is 1.75 bits per heavy atom. The van der Waals surface area contributed by atoms with E-state index < -0.39 is 0 Å². The number of nitriles is 1. The topological polar surface area (TPSA) is 74.2 Å². The van der Waals surface area contributed by atoms with Gasteiger partial charge in [0.2, 0.25) is 5.91 Å². The van der Waals surface area contributed by atoms with Gasteiger partial charge < -0.3 is 15.4 Å². The van der Waals surface area contributed by atoms with E-state index in [9.17, 15) is 4.79 Å². The number of anilines is 1. The van der Waals surface area contributed by atoms with Crippen molar-refractivity contribution in [1.29, 1.82) is 5.26 Å². The molecule has 16 heavy (non-hydrogen) atoms. The van der Waals surface area contributed by atoms with Crippen molar-refractivity contribution in [2.75, 3.05) is 25.1 Å². The highest BCUT2D eigenvalue weighted by Crippen LogP contribution is 2.22. The molecule has 6 heteroatoms. The predicted molar refractivity (Wildman–Crippen MR) is 60.3 cm³/mol. The minimum Gasteiger partial charge on any atom is -0.378 e. The van der Waals surface area contributed by atoms with Gasteiger partial charge in [-0.05, 0) is 11.4 Å². The predicted octanol–water partition coefficient (Wildman–Crippen LogP) is 0.547. The van der Waals surface area contributed by atoms with E-state index in [1.54, 1.807) is 11.4 Å². The van der Waals surface area contributed by atoms with Gasteiger partial charge >= 0.3 is 0 Å². The molecular weight excluding hydrogens is 226 g/mol. The first-order chi connectivity index (χ1) is 7.81. The lowest BCUT2D eigenvalue weighted by atomic mass is 10.2. The number of thiophene rings is 1. The monoisotopic (exact) mass is 237 g/mol. The summed E-state index contributed by atoms with van der Waals surface area (Å²) in [6.45, 7) is 1.68. The number of hydrogen-bond donors (Lipinski definition) is 2. The second-order valence-corrected chi connectivity index (χ2v) is 4.26. The normalized spacial score (nSPS) is 20.1. The first-order valence-corrected chi connectivity index (χ1v) is 5.79. The van der Waals surface area contributed by atoms with Crippen molar-refractivity contribution in [1.82, 2.24) is 5.32 Å². The number of carbonyl (C=O) groups excluding carboxylic acids is 1. The van der Waals surface area contributed by atoms with Crippen molar-refractivity contribution in [3.05, 3.63) is 17.0 Å². The fourth-order valence-corrected chi connectivity index (χ4v) is 2.17. The molecule has 1 amide bonds. The number of ether oxygens (including phenoxy) is 1. The van der Waals surface area contributed by atoms with Crippen molar-refractivity contribution in [2.24, 2.45) is 0 Å². The molecule has 0 saturated carbocycles. The van der Waals surface area contributed by atoms with E-state index >= 15 is 0 Å². The lowest BCUT2D eigenvalue weighted by molar-refractivity contribution is -0.120. The number of rotatable bonds is 2. The third-order valence-corrected chi connectivity index (χ3v) is 3.09. The second kappa shape index (κ2) is 5.07. The molecule has 0 bridgehead atoms. The Morgan fingerprint density at radius 3 is 3.31 bits per heavy atom. The maximum Gasteiger partial charge on any atom is 0.244 e. The quantitative estimate of drug-likeness (QED) is 0.787. The zero-order valence-electron chi connectivity index (χ0n) is 8.53. The molecule has 5 nitrogen and oxygen atoms in total. The highest BCUT2D eigenvalue weighted by Gasteiger charge is 2.22. The van der Waals surface area contributed by atoms with Gasteiger partial charge in [0, 0.05) is 6.54 Å². The van der Waals surface area contributed by atoms with Crippen LogP contribution >= 0.6 is 11.3 Å². The smallest absolute Gasteiger partial charge is 0.244 e. The summed E-state index contributed by atoms with van der Waals surface area (Å²) < 4.78 is 5.19. The van der Waals surface area contributed by atoms with E-state index in [-0.39, 0.29) is 11.9 Å². The summed E-state index contributed by atoms with van der Waals surface area (Å²) in [6, 6.07) is 3.38. The van der Waals surface area contributed by atoms with Crippen LogP contribution in [0.15, 0.2) is 11.4 Å². The summed E-state index contributed by atoms with van der Waals surface area (Å²) in [4.78, 5) is 11.8. The summed E-state index contributed by atoms with van der Waals surface area (Å²) in [6.07, 6.45) is 0. The Hall–Kier alpha value is -1.42. The molecule has 1 aliphatic rings. The Morgan fingerprint density at radius 2 is 2.62 bits per heavy atom. The third-order valence-electron chi connectivity index (χ3n) is 2.26. The fraction of sp³-hybridized carbons (Fsp3) is 0.400. The van der Waals surface area contributed by atoms with Gasteiger partial charge in [-0.2, -0.15) is 5.26 Å². The zero-order valence-corrected chi connectivity index (χ0v) is 9.34. The number of carbonyl (C=O) groups is 1. The minimum atomic E-state index is -0.331. The second-order valence-electron chi connectivity index (χ2n) is 3.35.